The van der Waals surface area contributed by atoms with Gasteiger partial charge in [0, 0.05) is 5.46 Å². The van der Waals surface area contributed by atoms with Crippen molar-refractivity contribution in [1.82, 2.24) is 10.3 Å². The summed E-state index contributed by atoms with van der Waals surface area (Å²) in [5.41, 5.74) is -2.10. The first-order chi connectivity index (χ1) is 16.7. The van der Waals surface area contributed by atoms with E-state index in [1.165, 1.54) is 0 Å². The van der Waals surface area contributed by atoms with E-state index >= 15 is 0 Å². The van der Waals surface area contributed by atoms with Crippen LogP contribution < -0.4 is 20.8 Å². The molecule has 1 atom stereocenters. The van der Waals surface area contributed by atoms with Gasteiger partial charge in [-0.25, -0.2) is 14.6 Å². The van der Waals surface area contributed by atoms with Gasteiger partial charge in [-0.05, 0) is 81.7 Å². The van der Waals surface area contributed by atoms with E-state index in [1.807, 2.05) is 34.6 Å². The molecule has 0 radical (unpaired) electrons. The number of aromatic nitrogens is 1. The molecule has 0 unspecified atom stereocenters. The highest BCUT2D eigenvalue weighted by molar-refractivity contribution is 6.65. The fourth-order valence-corrected chi connectivity index (χ4v) is 3.38. The number of carbonyl (C=O) groups excluding carboxylic acids is 2. The smallest absolute Gasteiger partial charge is 0.488 e. The number of nitrogens with zero attached hydrogens (tertiary/aromatic N) is 1. The Kier molecular flexibility index (Phi) is 9.42. The zero-order chi connectivity index (χ0) is 28.4. The van der Waals surface area contributed by atoms with Gasteiger partial charge in [-0.15, -0.1) is 0 Å². The summed E-state index contributed by atoms with van der Waals surface area (Å²) in [4.78, 5) is 29.1. The Bertz CT molecular complexity index is 974. The van der Waals surface area contributed by atoms with Crippen LogP contribution in [0.25, 0.3) is 0 Å². The molecule has 208 valence electrons. The third-order valence-corrected chi connectivity index (χ3v) is 6.05. The standard InChI is InChI=1S/C25H41BClN3O7/c1-12-15(28-20(31)34-22(2,3)4)14-33-17-13-16(26-36-24(8,9)25(10,11)37-26)18(27)29-19(17)30-21(32)35-23(5,6)7/h13,15H,12,14H2,1-11H3,(H,28,31)(H,29,30,32)/t15-/m0/s1. The van der Waals surface area contributed by atoms with Crippen molar-refractivity contribution in [2.75, 3.05) is 11.9 Å². The molecule has 0 aromatic carbocycles. The summed E-state index contributed by atoms with van der Waals surface area (Å²) < 4.78 is 29.0. The Morgan fingerprint density at radius 3 is 2.03 bits per heavy atom. The third-order valence-electron chi connectivity index (χ3n) is 5.75. The van der Waals surface area contributed by atoms with Crippen molar-refractivity contribution < 1.29 is 33.1 Å². The predicted molar refractivity (Wildman–Crippen MR) is 144 cm³/mol. The number of ether oxygens (including phenoxy) is 3. The lowest BCUT2D eigenvalue weighted by Gasteiger charge is -2.32. The molecule has 1 saturated heterocycles. The van der Waals surface area contributed by atoms with Gasteiger partial charge in [-0.1, -0.05) is 18.5 Å². The molecule has 1 fully saturated rings. The van der Waals surface area contributed by atoms with Crippen molar-refractivity contribution in [1.29, 1.82) is 0 Å². The van der Waals surface area contributed by atoms with Crippen LogP contribution in [0.1, 0.15) is 82.6 Å². The molecule has 2 amide bonds. The van der Waals surface area contributed by atoms with Gasteiger partial charge in [0.25, 0.3) is 0 Å². The fourth-order valence-electron chi connectivity index (χ4n) is 3.15. The molecule has 10 nitrogen and oxygen atoms in total. The van der Waals surface area contributed by atoms with Crippen LogP contribution in [-0.2, 0) is 18.8 Å². The Morgan fingerprint density at radius 2 is 1.54 bits per heavy atom. The first kappa shape index (κ1) is 31.0. The van der Waals surface area contributed by atoms with Crippen LogP contribution in [0.5, 0.6) is 5.75 Å². The minimum Gasteiger partial charge on any atom is -0.488 e. The number of alkyl carbamates (subject to hydrolysis) is 1. The summed E-state index contributed by atoms with van der Waals surface area (Å²) >= 11 is 6.51. The van der Waals surface area contributed by atoms with Crippen LogP contribution in [0.2, 0.25) is 5.15 Å². The summed E-state index contributed by atoms with van der Waals surface area (Å²) in [6, 6.07) is 1.24. The Labute approximate surface area is 225 Å². The number of anilines is 1. The number of halogens is 1. The predicted octanol–water partition coefficient (Wildman–Crippen LogP) is 5.06. The molecule has 1 aromatic rings. The monoisotopic (exact) mass is 541 g/mol. The second-order valence-electron chi connectivity index (χ2n) is 12.0. The lowest BCUT2D eigenvalue weighted by atomic mass is 9.80. The van der Waals surface area contributed by atoms with Crippen LogP contribution in [0.15, 0.2) is 6.07 Å². The van der Waals surface area contributed by atoms with E-state index < -0.39 is 41.7 Å². The van der Waals surface area contributed by atoms with Gasteiger partial charge in [0.1, 0.15) is 23.0 Å². The fraction of sp³-hybridized carbons (Fsp3) is 0.720. The number of nitrogens with one attached hydrogen (secondary N) is 2. The first-order valence-corrected chi connectivity index (χ1v) is 12.8. The lowest BCUT2D eigenvalue weighted by molar-refractivity contribution is 0.00578. The molecule has 0 spiro atoms. The molecule has 1 aliphatic rings. The number of pyridine rings is 1. The highest BCUT2D eigenvalue weighted by Crippen LogP contribution is 2.37. The molecule has 0 bridgehead atoms. The van der Waals surface area contributed by atoms with Crippen LogP contribution in [0, 0.1) is 0 Å². The summed E-state index contributed by atoms with van der Waals surface area (Å²) in [5.74, 6) is 0.274. The molecule has 12 heteroatoms. The summed E-state index contributed by atoms with van der Waals surface area (Å²) in [6.07, 6.45) is -0.704. The molecule has 1 aliphatic heterocycles. The maximum absolute atomic E-state index is 12.5. The molecule has 2 N–H and O–H groups in total. The lowest BCUT2D eigenvalue weighted by Crippen LogP contribution is -2.42. The van der Waals surface area contributed by atoms with Gasteiger partial charge >= 0.3 is 19.3 Å². The molecular formula is C25H41BClN3O7. The molecular weight excluding hydrogens is 501 g/mol. The van der Waals surface area contributed by atoms with Crippen molar-refractivity contribution in [2.45, 2.75) is 111 Å². The zero-order valence-corrected chi connectivity index (χ0v) is 24.6. The Balaban J connectivity index is 2.33. The maximum Gasteiger partial charge on any atom is 0.498 e. The highest BCUT2D eigenvalue weighted by Gasteiger charge is 2.52. The molecule has 0 aliphatic carbocycles. The first-order valence-electron chi connectivity index (χ1n) is 12.4. The van der Waals surface area contributed by atoms with Crippen molar-refractivity contribution in [2.24, 2.45) is 0 Å². The van der Waals surface area contributed by atoms with Gasteiger partial charge in [0.05, 0.1) is 17.2 Å². The second kappa shape index (κ2) is 11.2. The topological polar surface area (TPSA) is 117 Å². The summed E-state index contributed by atoms with van der Waals surface area (Å²) in [5, 5.41) is 5.47. The maximum atomic E-state index is 12.5. The highest BCUT2D eigenvalue weighted by atomic mass is 35.5. The third kappa shape index (κ3) is 8.93. The summed E-state index contributed by atoms with van der Waals surface area (Å²) in [7, 11) is -0.801. The van der Waals surface area contributed by atoms with E-state index in [1.54, 1.807) is 47.6 Å². The average Bonchev–Trinajstić information content (AvgIpc) is 2.90. The molecule has 37 heavy (non-hydrogen) atoms. The number of carbonyl (C=O) groups is 2. The van der Waals surface area contributed by atoms with Gasteiger partial charge in [0.2, 0.25) is 0 Å². The van der Waals surface area contributed by atoms with E-state index in [9.17, 15) is 9.59 Å². The Morgan fingerprint density at radius 1 is 1.03 bits per heavy atom. The Hall–Kier alpha value is -2.24. The van der Waals surface area contributed by atoms with Crippen LogP contribution in [-0.4, -0.2) is 59.3 Å². The van der Waals surface area contributed by atoms with Crippen LogP contribution in [0.3, 0.4) is 0 Å². The van der Waals surface area contributed by atoms with E-state index in [-0.39, 0.29) is 29.4 Å². The normalized spacial score (nSPS) is 17.7. The number of amides is 2. The van der Waals surface area contributed by atoms with E-state index in [4.69, 9.17) is 35.1 Å². The second-order valence-corrected chi connectivity index (χ2v) is 12.4. The molecule has 0 saturated carbocycles. The number of hydrogen-bond acceptors (Lipinski definition) is 8. The molecule has 1 aromatic heterocycles. The molecule has 2 heterocycles. The molecule has 2 rings (SSSR count). The van der Waals surface area contributed by atoms with E-state index in [2.05, 4.69) is 15.6 Å². The van der Waals surface area contributed by atoms with Gasteiger partial charge in [0.15, 0.2) is 11.6 Å². The van der Waals surface area contributed by atoms with E-state index in [0.717, 1.165) is 0 Å². The van der Waals surface area contributed by atoms with Crippen molar-refractivity contribution in [3.63, 3.8) is 0 Å². The number of hydrogen-bond donors (Lipinski definition) is 2. The van der Waals surface area contributed by atoms with Gasteiger partial charge in [-0.2, -0.15) is 0 Å². The van der Waals surface area contributed by atoms with Crippen LogP contribution in [0.4, 0.5) is 15.4 Å². The number of rotatable bonds is 7. The minimum atomic E-state index is -0.801. The zero-order valence-electron chi connectivity index (χ0n) is 23.8. The minimum absolute atomic E-state index is 0.0617. The van der Waals surface area contributed by atoms with Crippen molar-refractivity contribution >= 4 is 42.2 Å². The van der Waals surface area contributed by atoms with Crippen LogP contribution >= 0.6 is 11.6 Å². The average molecular weight is 542 g/mol. The largest absolute Gasteiger partial charge is 0.498 e. The van der Waals surface area contributed by atoms with Gasteiger partial charge in [-0.3, -0.25) is 5.32 Å². The summed E-state index contributed by atoms with van der Waals surface area (Å²) in [6.45, 7) is 20.3. The van der Waals surface area contributed by atoms with Crippen molar-refractivity contribution in [3.05, 3.63) is 11.2 Å². The SMILES string of the molecule is CC[C@@H](COc1cc(B2OC(C)(C)C(C)(C)O2)c(Cl)nc1NC(=O)OC(C)(C)C)NC(=O)OC(C)(C)C. The van der Waals surface area contributed by atoms with Gasteiger partial charge < -0.3 is 28.8 Å². The quantitative estimate of drug-likeness (QED) is 0.363. The van der Waals surface area contributed by atoms with E-state index in [0.29, 0.717) is 11.9 Å². The van der Waals surface area contributed by atoms with Crippen molar-refractivity contribution in [3.8, 4) is 5.75 Å².